The molecular formula is C13H17BrN4S2. The first-order chi connectivity index (χ1) is 9.51. The molecule has 0 N–H and O–H groups in total. The van der Waals surface area contributed by atoms with Crippen molar-refractivity contribution in [2.24, 2.45) is 0 Å². The molecule has 0 amide bonds. The molecule has 0 bridgehead atoms. The van der Waals surface area contributed by atoms with Crippen LogP contribution in [-0.4, -0.2) is 26.3 Å². The molecule has 2 rings (SSSR count). The number of hydrogen-bond acceptors (Lipinski definition) is 4. The summed E-state index contributed by atoms with van der Waals surface area (Å²) in [7, 11) is 2.07. The van der Waals surface area contributed by atoms with Crippen molar-refractivity contribution in [2.75, 3.05) is 7.05 Å². The van der Waals surface area contributed by atoms with Crippen LogP contribution in [0.1, 0.15) is 10.7 Å². The van der Waals surface area contributed by atoms with Gasteiger partial charge in [-0.2, -0.15) is 5.10 Å². The maximum atomic E-state index is 5.45. The highest BCUT2D eigenvalue weighted by Crippen LogP contribution is 2.23. The van der Waals surface area contributed by atoms with Crippen LogP contribution in [0.2, 0.25) is 0 Å². The highest BCUT2D eigenvalue weighted by Gasteiger charge is 2.09. The maximum Gasteiger partial charge on any atom is 0.199 e. The Kier molecular flexibility index (Phi) is 5.31. The van der Waals surface area contributed by atoms with Gasteiger partial charge in [0.05, 0.1) is 10.5 Å². The zero-order valence-electron chi connectivity index (χ0n) is 11.5. The minimum atomic E-state index is 0.680. The third kappa shape index (κ3) is 3.66. The Labute approximate surface area is 136 Å². The van der Waals surface area contributed by atoms with Gasteiger partial charge in [-0.1, -0.05) is 6.08 Å². The number of halogens is 1. The molecule has 2 aromatic heterocycles. The zero-order chi connectivity index (χ0) is 14.7. The summed E-state index contributed by atoms with van der Waals surface area (Å²) in [4.78, 5) is 3.51. The van der Waals surface area contributed by atoms with Crippen LogP contribution in [-0.2, 0) is 19.8 Å². The predicted molar refractivity (Wildman–Crippen MR) is 89.5 cm³/mol. The summed E-state index contributed by atoms with van der Waals surface area (Å²) in [5, 5.41) is 4.50. The molecule has 0 fully saturated rings. The molecule has 0 aliphatic heterocycles. The quantitative estimate of drug-likeness (QED) is 0.569. The molecule has 2 aromatic rings. The van der Waals surface area contributed by atoms with E-state index in [0.29, 0.717) is 13.2 Å². The summed E-state index contributed by atoms with van der Waals surface area (Å²) >= 11 is 10.7. The molecule has 0 radical (unpaired) electrons. The second-order valence-corrected chi connectivity index (χ2v) is 7.50. The van der Waals surface area contributed by atoms with Crippen LogP contribution >= 0.6 is 39.5 Å². The minimum absolute atomic E-state index is 0.680. The van der Waals surface area contributed by atoms with Crippen LogP contribution in [0.25, 0.3) is 0 Å². The summed E-state index contributed by atoms with van der Waals surface area (Å²) in [5.41, 5.74) is 0. The lowest BCUT2D eigenvalue weighted by Gasteiger charge is -2.15. The van der Waals surface area contributed by atoms with Crippen molar-refractivity contribution in [2.45, 2.75) is 26.7 Å². The SMILES string of the molecule is C=CCn1c(C)nn(CN(C)Cc2ccc(Br)s2)c1=S. The van der Waals surface area contributed by atoms with E-state index in [1.165, 1.54) is 4.88 Å². The monoisotopic (exact) mass is 372 g/mol. The number of rotatable bonds is 6. The Morgan fingerprint density at radius 1 is 1.55 bits per heavy atom. The van der Waals surface area contributed by atoms with Gasteiger partial charge in [-0.3, -0.25) is 4.90 Å². The number of thiophene rings is 1. The van der Waals surface area contributed by atoms with Crippen LogP contribution < -0.4 is 0 Å². The molecule has 0 aliphatic carbocycles. The second-order valence-electron chi connectivity index (χ2n) is 4.59. The average molecular weight is 373 g/mol. The van der Waals surface area contributed by atoms with E-state index < -0.39 is 0 Å². The Bertz CT molecular complexity index is 656. The molecule has 7 heteroatoms. The Morgan fingerprint density at radius 2 is 2.30 bits per heavy atom. The van der Waals surface area contributed by atoms with Crippen LogP contribution in [0.5, 0.6) is 0 Å². The van der Waals surface area contributed by atoms with E-state index in [0.717, 1.165) is 20.9 Å². The third-order valence-corrected chi connectivity index (χ3v) is 4.89. The van der Waals surface area contributed by atoms with Crippen molar-refractivity contribution in [3.05, 3.63) is 44.0 Å². The van der Waals surface area contributed by atoms with Gasteiger partial charge in [-0.25, -0.2) is 4.68 Å². The van der Waals surface area contributed by atoms with Crippen LogP contribution in [0.15, 0.2) is 28.6 Å². The minimum Gasteiger partial charge on any atom is -0.300 e. The van der Waals surface area contributed by atoms with E-state index in [1.807, 2.05) is 22.2 Å². The number of hydrogen-bond donors (Lipinski definition) is 0. The molecule has 0 saturated carbocycles. The van der Waals surface area contributed by atoms with Crippen molar-refractivity contribution in [3.63, 3.8) is 0 Å². The van der Waals surface area contributed by atoms with Gasteiger partial charge in [0.2, 0.25) is 0 Å². The molecule has 4 nitrogen and oxygen atoms in total. The fourth-order valence-corrected chi connectivity index (χ4v) is 3.83. The molecule has 108 valence electrons. The van der Waals surface area contributed by atoms with E-state index in [1.54, 1.807) is 11.3 Å². The predicted octanol–water partition coefficient (Wildman–Crippen LogP) is 3.82. The van der Waals surface area contributed by atoms with Gasteiger partial charge in [-0.05, 0) is 54.3 Å². The van der Waals surface area contributed by atoms with E-state index in [9.17, 15) is 0 Å². The van der Waals surface area contributed by atoms with E-state index in [2.05, 4.69) is 51.7 Å². The normalized spacial score (nSPS) is 11.2. The largest absolute Gasteiger partial charge is 0.300 e. The van der Waals surface area contributed by atoms with Gasteiger partial charge in [0, 0.05) is 18.0 Å². The van der Waals surface area contributed by atoms with Crippen LogP contribution in [0, 0.1) is 11.7 Å². The van der Waals surface area contributed by atoms with Gasteiger partial charge in [0.15, 0.2) is 4.77 Å². The first-order valence-electron chi connectivity index (χ1n) is 6.19. The highest BCUT2D eigenvalue weighted by atomic mass is 79.9. The third-order valence-electron chi connectivity index (χ3n) is 2.85. The first-order valence-corrected chi connectivity index (χ1v) is 8.21. The second kappa shape index (κ2) is 6.80. The summed E-state index contributed by atoms with van der Waals surface area (Å²) in [6, 6.07) is 4.20. The van der Waals surface area contributed by atoms with Gasteiger partial charge in [-0.15, -0.1) is 17.9 Å². The lowest BCUT2D eigenvalue weighted by Crippen LogP contribution is -2.22. The lowest BCUT2D eigenvalue weighted by atomic mass is 10.4. The number of nitrogens with zero attached hydrogens (tertiary/aromatic N) is 4. The van der Waals surface area contributed by atoms with Crippen molar-refractivity contribution in [3.8, 4) is 0 Å². The topological polar surface area (TPSA) is 26.0 Å². The molecule has 0 unspecified atom stereocenters. The Balaban J connectivity index is 2.08. The number of allylic oxidation sites excluding steroid dienone is 1. The average Bonchev–Trinajstić information content (AvgIpc) is 2.89. The van der Waals surface area contributed by atoms with Crippen LogP contribution in [0.4, 0.5) is 0 Å². The molecule has 0 atom stereocenters. The Morgan fingerprint density at radius 3 is 2.90 bits per heavy atom. The van der Waals surface area contributed by atoms with Gasteiger partial charge in [0.1, 0.15) is 5.82 Å². The summed E-state index contributed by atoms with van der Waals surface area (Å²) in [6.45, 7) is 7.97. The summed E-state index contributed by atoms with van der Waals surface area (Å²) in [6.07, 6.45) is 1.84. The molecular weight excluding hydrogens is 356 g/mol. The smallest absolute Gasteiger partial charge is 0.199 e. The fraction of sp³-hybridized carbons (Fsp3) is 0.385. The van der Waals surface area contributed by atoms with Crippen molar-refractivity contribution in [1.82, 2.24) is 19.2 Å². The summed E-state index contributed by atoms with van der Waals surface area (Å²) < 4.78 is 5.74. The summed E-state index contributed by atoms with van der Waals surface area (Å²) in [5.74, 6) is 0.919. The number of aryl methyl sites for hydroxylation is 1. The number of aromatic nitrogens is 3. The van der Waals surface area contributed by atoms with Crippen molar-refractivity contribution < 1.29 is 0 Å². The Hall–Kier alpha value is -0.760. The van der Waals surface area contributed by atoms with E-state index >= 15 is 0 Å². The lowest BCUT2D eigenvalue weighted by molar-refractivity contribution is 0.245. The van der Waals surface area contributed by atoms with Gasteiger partial charge in [0.25, 0.3) is 0 Å². The van der Waals surface area contributed by atoms with Gasteiger partial charge < -0.3 is 4.57 Å². The fourth-order valence-electron chi connectivity index (χ4n) is 1.96. The standard InChI is InChI=1S/C13H17BrN4S2/c1-4-7-17-10(2)15-18(13(17)19)9-16(3)8-11-5-6-12(14)20-11/h4-6H,1,7-9H2,2-3H3. The highest BCUT2D eigenvalue weighted by molar-refractivity contribution is 9.11. The van der Waals surface area contributed by atoms with E-state index in [4.69, 9.17) is 12.2 Å². The van der Waals surface area contributed by atoms with E-state index in [-0.39, 0.29) is 0 Å². The molecule has 2 heterocycles. The molecule has 0 aliphatic rings. The molecule has 0 aromatic carbocycles. The van der Waals surface area contributed by atoms with Crippen molar-refractivity contribution >= 4 is 39.5 Å². The molecule has 20 heavy (non-hydrogen) atoms. The molecule has 0 spiro atoms. The van der Waals surface area contributed by atoms with Gasteiger partial charge >= 0.3 is 0 Å². The zero-order valence-corrected chi connectivity index (χ0v) is 14.8. The van der Waals surface area contributed by atoms with Crippen LogP contribution in [0.3, 0.4) is 0 Å². The van der Waals surface area contributed by atoms with Crippen molar-refractivity contribution in [1.29, 1.82) is 0 Å². The maximum absolute atomic E-state index is 5.45. The molecule has 0 saturated heterocycles. The first kappa shape index (κ1) is 15.6.